The Balaban J connectivity index is 1.85. The van der Waals surface area contributed by atoms with E-state index >= 15 is 0 Å². The van der Waals surface area contributed by atoms with E-state index < -0.39 is 34.5 Å². The van der Waals surface area contributed by atoms with Crippen LogP contribution in [-0.4, -0.2) is 72.2 Å². The van der Waals surface area contributed by atoms with Crippen molar-refractivity contribution in [3.63, 3.8) is 0 Å². The number of benzene rings is 2. The monoisotopic (exact) mass is 464 g/mol. The molecule has 3 rings (SSSR count). The number of anilines is 1. The molecular weight excluding hydrogens is 440 g/mol. The molecule has 0 bridgehead atoms. The number of fused-ring (bicyclic) bond motifs is 1. The molecule has 0 N–H and O–H groups in total. The van der Waals surface area contributed by atoms with E-state index in [4.69, 9.17) is 18.9 Å². The maximum atomic E-state index is 13.1. The largest absolute Gasteiger partial charge is 0.493 e. The lowest BCUT2D eigenvalue weighted by Gasteiger charge is -2.34. The molecular formula is C21H24N2O8S. The molecule has 1 amide bonds. The van der Waals surface area contributed by atoms with Gasteiger partial charge in [-0.1, -0.05) is 12.1 Å². The number of nitrogens with zero attached hydrogens (tertiary/aromatic N) is 2. The van der Waals surface area contributed by atoms with Crippen LogP contribution in [0.1, 0.15) is 0 Å². The molecule has 11 heteroatoms. The smallest absolute Gasteiger partial charge is 0.348 e. The van der Waals surface area contributed by atoms with Gasteiger partial charge >= 0.3 is 5.97 Å². The first kappa shape index (κ1) is 23.4. The summed E-state index contributed by atoms with van der Waals surface area (Å²) in [6.07, 6.45) is -1.02. The molecule has 1 aliphatic rings. The number of carbonyl (C=O) groups excluding carboxylic acids is 2. The Morgan fingerprint density at radius 3 is 2.44 bits per heavy atom. The zero-order valence-electron chi connectivity index (χ0n) is 18.1. The normalized spacial score (nSPS) is 15.5. The number of rotatable bonds is 7. The first-order valence-electron chi connectivity index (χ1n) is 9.55. The van der Waals surface area contributed by atoms with E-state index in [2.05, 4.69) is 0 Å². The number of ether oxygens (including phenoxy) is 4. The zero-order valence-corrected chi connectivity index (χ0v) is 18.9. The molecule has 0 fully saturated rings. The van der Waals surface area contributed by atoms with Crippen LogP contribution in [0.25, 0.3) is 0 Å². The van der Waals surface area contributed by atoms with Crippen molar-refractivity contribution in [2.75, 3.05) is 46.4 Å². The van der Waals surface area contributed by atoms with Crippen molar-refractivity contribution in [1.29, 1.82) is 0 Å². The Bertz CT molecular complexity index is 1120. The SMILES string of the molecule is COC(=O)C1CN(C(=O)CN(C)S(=O)(=O)c2ccc(OC)c(OC)c2)c2ccccc2O1. The van der Waals surface area contributed by atoms with Crippen molar-refractivity contribution in [2.24, 2.45) is 0 Å². The molecule has 32 heavy (non-hydrogen) atoms. The van der Waals surface area contributed by atoms with E-state index in [-0.39, 0.29) is 17.2 Å². The van der Waals surface area contributed by atoms with Gasteiger partial charge in [-0.15, -0.1) is 0 Å². The van der Waals surface area contributed by atoms with Crippen LogP contribution in [0.2, 0.25) is 0 Å². The highest BCUT2D eigenvalue weighted by molar-refractivity contribution is 7.89. The number of methoxy groups -OCH3 is 3. The van der Waals surface area contributed by atoms with E-state index in [0.29, 0.717) is 17.2 Å². The lowest BCUT2D eigenvalue weighted by atomic mass is 10.2. The summed E-state index contributed by atoms with van der Waals surface area (Å²) in [4.78, 5) is 26.4. The van der Waals surface area contributed by atoms with Crippen LogP contribution in [0.5, 0.6) is 17.2 Å². The maximum Gasteiger partial charge on any atom is 0.348 e. The van der Waals surface area contributed by atoms with Crippen LogP contribution in [-0.2, 0) is 24.3 Å². The van der Waals surface area contributed by atoms with Crippen molar-refractivity contribution in [3.8, 4) is 17.2 Å². The third kappa shape index (κ3) is 4.48. The van der Waals surface area contributed by atoms with Crippen molar-refractivity contribution in [3.05, 3.63) is 42.5 Å². The number of esters is 1. The van der Waals surface area contributed by atoms with E-state index in [1.54, 1.807) is 24.3 Å². The third-order valence-electron chi connectivity index (χ3n) is 4.96. The van der Waals surface area contributed by atoms with Gasteiger partial charge in [-0.3, -0.25) is 4.79 Å². The molecule has 0 saturated heterocycles. The van der Waals surface area contributed by atoms with E-state index in [0.717, 1.165) is 4.31 Å². The molecule has 10 nitrogen and oxygen atoms in total. The standard InChI is InChI=1S/C21H24N2O8S/c1-22(32(26,27)14-9-10-17(28-2)18(11-14)29-3)13-20(24)23-12-19(21(25)30-4)31-16-8-6-5-7-15(16)23/h5-11,19H,12-13H2,1-4H3. The molecule has 1 aliphatic heterocycles. The molecule has 0 aliphatic carbocycles. The van der Waals surface area contributed by atoms with Crippen LogP contribution in [0.3, 0.4) is 0 Å². The van der Waals surface area contributed by atoms with E-state index in [1.807, 2.05) is 0 Å². The number of para-hydroxylation sites is 2. The summed E-state index contributed by atoms with van der Waals surface area (Å²) >= 11 is 0. The molecule has 1 heterocycles. The summed E-state index contributed by atoms with van der Waals surface area (Å²) in [5.74, 6) is -0.210. The second-order valence-electron chi connectivity index (χ2n) is 6.88. The van der Waals surface area contributed by atoms with Crippen LogP contribution >= 0.6 is 0 Å². The predicted molar refractivity (Wildman–Crippen MR) is 115 cm³/mol. The minimum Gasteiger partial charge on any atom is -0.493 e. The first-order valence-corrected chi connectivity index (χ1v) is 11.0. The fourth-order valence-corrected chi connectivity index (χ4v) is 4.38. The third-order valence-corrected chi connectivity index (χ3v) is 6.76. The molecule has 0 saturated carbocycles. The van der Waals surface area contributed by atoms with Gasteiger partial charge in [-0.05, 0) is 24.3 Å². The Morgan fingerprint density at radius 2 is 1.78 bits per heavy atom. The van der Waals surface area contributed by atoms with Gasteiger partial charge in [-0.2, -0.15) is 4.31 Å². The van der Waals surface area contributed by atoms with Crippen LogP contribution < -0.4 is 19.1 Å². The Morgan fingerprint density at radius 1 is 1.09 bits per heavy atom. The molecule has 2 aromatic carbocycles. The molecule has 2 aromatic rings. The van der Waals surface area contributed by atoms with Crippen LogP contribution in [0, 0.1) is 0 Å². The summed E-state index contributed by atoms with van der Waals surface area (Å²) in [6.45, 7) is -0.564. The average Bonchev–Trinajstić information content (AvgIpc) is 2.81. The van der Waals surface area contributed by atoms with E-state index in [9.17, 15) is 18.0 Å². The Labute approximate surface area is 186 Å². The fourth-order valence-electron chi connectivity index (χ4n) is 3.24. The van der Waals surface area contributed by atoms with Crippen molar-refractivity contribution in [2.45, 2.75) is 11.0 Å². The predicted octanol–water partition coefficient (Wildman–Crippen LogP) is 1.29. The quantitative estimate of drug-likeness (QED) is 0.564. The zero-order chi connectivity index (χ0) is 23.5. The topological polar surface area (TPSA) is 112 Å². The number of amides is 1. The van der Waals surface area contributed by atoms with Gasteiger partial charge in [-0.25, -0.2) is 13.2 Å². The van der Waals surface area contributed by atoms with Crippen LogP contribution in [0.15, 0.2) is 47.4 Å². The molecule has 0 spiro atoms. The number of sulfonamides is 1. The van der Waals surface area contributed by atoms with E-state index in [1.165, 1.54) is 51.5 Å². The second kappa shape index (κ2) is 9.45. The summed E-state index contributed by atoms with van der Waals surface area (Å²) in [5, 5.41) is 0. The summed E-state index contributed by atoms with van der Waals surface area (Å²) < 4.78 is 47.7. The lowest BCUT2D eigenvalue weighted by molar-refractivity contribution is -0.148. The highest BCUT2D eigenvalue weighted by Crippen LogP contribution is 2.34. The molecule has 0 radical (unpaired) electrons. The fraction of sp³-hybridized carbons (Fsp3) is 0.333. The molecule has 172 valence electrons. The minimum absolute atomic E-state index is 0.0553. The van der Waals surface area contributed by atoms with Crippen molar-refractivity contribution >= 4 is 27.6 Å². The van der Waals surface area contributed by atoms with Crippen molar-refractivity contribution in [1.82, 2.24) is 4.31 Å². The Kier molecular flexibility index (Phi) is 6.90. The average molecular weight is 464 g/mol. The first-order chi connectivity index (χ1) is 15.2. The van der Waals surface area contributed by atoms with Crippen molar-refractivity contribution < 1.29 is 37.0 Å². The highest BCUT2D eigenvalue weighted by Gasteiger charge is 2.35. The van der Waals surface area contributed by atoms with Gasteiger partial charge in [0.05, 0.1) is 45.0 Å². The highest BCUT2D eigenvalue weighted by atomic mass is 32.2. The summed E-state index contributed by atoms with van der Waals surface area (Å²) in [7, 11) is 1.35. The minimum atomic E-state index is -4.01. The van der Waals surface area contributed by atoms with Gasteiger partial charge in [0.25, 0.3) is 0 Å². The number of likely N-dealkylation sites (N-methyl/N-ethyl adjacent to an activating group) is 1. The maximum absolute atomic E-state index is 13.1. The number of hydrogen-bond donors (Lipinski definition) is 0. The van der Waals surface area contributed by atoms with Crippen LogP contribution in [0.4, 0.5) is 5.69 Å². The number of hydrogen-bond acceptors (Lipinski definition) is 8. The molecule has 1 unspecified atom stereocenters. The lowest BCUT2D eigenvalue weighted by Crippen LogP contribution is -2.50. The second-order valence-corrected chi connectivity index (χ2v) is 8.92. The van der Waals surface area contributed by atoms with Gasteiger partial charge < -0.3 is 23.8 Å². The Hall–Kier alpha value is -3.31. The molecule has 1 atom stereocenters. The summed E-state index contributed by atoms with van der Waals surface area (Å²) in [6, 6.07) is 10.9. The summed E-state index contributed by atoms with van der Waals surface area (Å²) in [5.41, 5.74) is 0.439. The van der Waals surface area contributed by atoms with Gasteiger partial charge in [0.2, 0.25) is 22.0 Å². The number of carbonyl (C=O) groups is 2. The van der Waals surface area contributed by atoms with Gasteiger partial charge in [0.15, 0.2) is 11.5 Å². The van der Waals surface area contributed by atoms with Gasteiger partial charge in [0, 0.05) is 13.1 Å². The molecule has 0 aromatic heterocycles. The van der Waals surface area contributed by atoms with Gasteiger partial charge in [0.1, 0.15) is 5.75 Å².